The minimum absolute atomic E-state index is 0.481. The Kier molecular flexibility index (Phi) is 4.75. The van der Waals surface area contributed by atoms with Gasteiger partial charge in [-0.2, -0.15) is 0 Å². The number of para-hydroxylation sites is 1. The third-order valence-electron chi connectivity index (χ3n) is 2.80. The topological polar surface area (TPSA) is 43.6 Å². The Hall–Kier alpha value is -1.36. The van der Waals surface area contributed by atoms with Crippen LogP contribution in [0.4, 0.5) is 0 Å². The van der Waals surface area contributed by atoms with Crippen molar-refractivity contribution in [3.8, 4) is 0 Å². The number of benzene rings is 1. The van der Waals surface area contributed by atoms with Crippen LogP contribution in [0.15, 0.2) is 28.7 Å². The molecule has 4 nitrogen and oxygen atoms in total. The highest BCUT2D eigenvalue weighted by Gasteiger charge is 2.12. The molecular formula is C14H19NO3. The van der Waals surface area contributed by atoms with E-state index in [2.05, 4.69) is 11.4 Å². The van der Waals surface area contributed by atoms with Crippen LogP contribution >= 0.6 is 0 Å². The van der Waals surface area contributed by atoms with Crippen molar-refractivity contribution in [1.29, 1.82) is 0 Å². The first kappa shape index (κ1) is 13.1. The molecule has 98 valence electrons. The van der Waals surface area contributed by atoms with E-state index in [-0.39, 0.29) is 0 Å². The van der Waals surface area contributed by atoms with Gasteiger partial charge in [0.1, 0.15) is 18.0 Å². The fourth-order valence-corrected chi connectivity index (χ4v) is 1.94. The lowest BCUT2D eigenvalue weighted by Gasteiger charge is -2.04. The highest BCUT2D eigenvalue weighted by molar-refractivity contribution is 5.82. The van der Waals surface area contributed by atoms with Gasteiger partial charge in [-0.15, -0.1) is 0 Å². The average Bonchev–Trinajstić information content (AvgIpc) is 2.74. The summed E-state index contributed by atoms with van der Waals surface area (Å²) in [4.78, 5) is 0. The number of methoxy groups -OCH3 is 1. The Labute approximate surface area is 107 Å². The second-order valence-electron chi connectivity index (χ2n) is 4.08. The molecule has 0 amide bonds. The molecule has 18 heavy (non-hydrogen) atoms. The van der Waals surface area contributed by atoms with Gasteiger partial charge in [0.25, 0.3) is 0 Å². The van der Waals surface area contributed by atoms with Crippen molar-refractivity contribution in [3.05, 3.63) is 35.6 Å². The molecule has 0 radical (unpaired) electrons. The molecule has 1 heterocycles. The van der Waals surface area contributed by atoms with E-state index in [1.165, 1.54) is 5.56 Å². The minimum atomic E-state index is 0.481. The summed E-state index contributed by atoms with van der Waals surface area (Å²) in [6.45, 7) is 2.43. The highest BCUT2D eigenvalue weighted by Crippen LogP contribution is 2.26. The summed E-state index contributed by atoms with van der Waals surface area (Å²) in [5.74, 6) is 0.890. The Morgan fingerprint density at radius 3 is 2.83 bits per heavy atom. The van der Waals surface area contributed by atoms with E-state index in [4.69, 9.17) is 13.9 Å². The van der Waals surface area contributed by atoms with Gasteiger partial charge in [0, 0.05) is 24.6 Å². The average molecular weight is 249 g/mol. The third kappa shape index (κ3) is 2.90. The number of ether oxygens (including phenoxy) is 2. The summed E-state index contributed by atoms with van der Waals surface area (Å²) >= 11 is 0. The summed E-state index contributed by atoms with van der Waals surface area (Å²) in [5, 5.41) is 4.31. The van der Waals surface area contributed by atoms with Crippen LogP contribution < -0.4 is 5.32 Å². The molecule has 4 heteroatoms. The Bertz CT molecular complexity index is 493. The number of hydrogen-bond donors (Lipinski definition) is 1. The molecule has 1 aromatic heterocycles. The van der Waals surface area contributed by atoms with Crippen LogP contribution in [0.1, 0.15) is 11.3 Å². The molecule has 0 aliphatic heterocycles. The van der Waals surface area contributed by atoms with Gasteiger partial charge >= 0.3 is 0 Å². The Morgan fingerprint density at radius 1 is 1.22 bits per heavy atom. The Balaban J connectivity index is 2.17. The second-order valence-corrected chi connectivity index (χ2v) is 4.08. The quantitative estimate of drug-likeness (QED) is 0.765. The van der Waals surface area contributed by atoms with Crippen LogP contribution in [0.5, 0.6) is 0 Å². The summed E-state index contributed by atoms with van der Waals surface area (Å²) in [6.07, 6.45) is 0. The van der Waals surface area contributed by atoms with E-state index in [1.54, 1.807) is 7.11 Å². The van der Waals surface area contributed by atoms with Gasteiger partial charge in [0.05, 0.1) is 13.2 Å². The van der Waals surface area contributed by atoms with Crippen molar-refractivity contribution >= 4 is 11.0 Å². The summed E-state index contributed by atoms with van der Waals surface area (Å²) < 4.78 is 16.3. The van der Waals surface area contributed by atoms with Crippen LogP contribution in [0.25, 0.3) is 11.0 Å². The van der Waals surface area contributed by atoms with Gasteiger partial charge in [-0.3, -0.25) is 0 Å². The van der Waals surface area contributed by atoms with Crippen molar-refractivity contribution in [2.75, 3.05) is 27.4 Å². The minimum Gasteiger partial charge on any atom is -0.458 e. The summed E-state index contributed by atoms with van der Waals surface area (Å²) in [5.41, 5.74) is 2.08. The van der Waals surface area contributed by atoms with E-state index in [0.29, 0.717) is 19.8 Å². The predicted molar refractivity (Wildman–Crippen MR) is 70.5 cm³/mol. The van der Waals surface area contributed by atoms with Gasteiger partial charge in [0.15, 0.2) is 0 Å². The lowest BCUT2D eigenvalue weighted by molar-refractivity contribution is 0.0540. The zero-order valence-corrected chi connectivity index (χ0v) is 10.9. The maximum Gasteiger partial charge on any atom is 0.135 e. The standard InChI is InChI=1S/C14H19NO3/c1-15-9-12-11-5-3-4-6-13(11)18-14(12)10-17-8-7-16-2/h3-6,15H,7-10H2,1-2H3. The Morgan fingerprint density at radius 2 is 2.06 bits per heavy atom. The first-order valence-electron chi connectivity index (χ1n) is 6.07. The fraction of sp³-hybridized carbons (Fsp3) is 0.429. The molecule has 0 fully saturated rings. The predicted octanol–water partition coefficient (Wildman–Crippen LogP) is 2.32. The number of fused-ring (bicyclic) bond motifs is 1. The van der Waals surface area contributed by atoms with Crippen LogP contribution in [0.3, 0.4) is 0 Å². The molecule has 1 aromatic carbocycles. The summed E-state index contributed by atoms with van der Waals surface area (Å²) in [7, 11) is 3.59. The van der Waals surface area contributed by atoms with E-state index in [9.17, 15) is 0 Å². The van der Waals surface area contributed by atoms with Gasteiger partial charge in [-0.1, -0.05) is 18.2 Å². The molecule has 0 spiro atoms. The molecule has 0 aliphatic rings. The maximum absolute atomic E-state index is 5.83. The SMILES string of the molecule is CNCc1c(COCCOC)oc2ccccc12. The van der Waals surface area contributed by atoms with Gasteiger partial charge < -0.3 is 19.2 Å². The largest absolute Gasteiger partial charge is 0.458 e. The lowest BCUT2D eigenvalue weighted by Crippen LogP contribution is -2.08. The second kappa shape index (κ2) is 6.54. The molecule has 2 rings (SSSR count). The molecule has 0 saturated heterocycles. The molecule has 0 bridgehead atoms. The molecule has 0 unspecified atom stereocenters. The maximum atomic E-state index is 5.83. The van der Waals surface area contributed by atoms with Gasteiger partial charge in [-0.05, 0) is 13.1 Å². The molecule has 2 aromatic rings. The van der Waals surface area contributed by atoms with Crippen molar-refractivity contribution in [1.82, 2.24) is 5.32 Å². The number of furan rings is 1. The van der Waals surface area contributed by atoms with E-state index in [0.717, 1.165) is 23.3 Å². The molecule has 0 atom stereocenters. The fourth-order valence-electron chi connectivity index (χ4n) is 1.94. The van der Waals surface area contributed by atoms with Crippen LogP contribution in [0, 0.1) is 0 Å². The van der Waals surface area contributed by atoms with Crippen LogP contribution in [-0.2, 0) is 22.6 Å². The van der Waals surface area contributed by atoms with Crippen LogP contribution in [0.2, 0.25) is 0 Å². The molecule has 1 N–H and O–H groups in total. The molecule has 0 aliphatic carbocycles. The number of rotatable bonds is 7. The van der Waals surface area contributed by atoms with Gasteiger partial charge in [0.2, 0.25) is 0 Å². The van der Waals surface area contributed by atoms with E-state index in [1.807, 2.05) is 25.2 Å². The van der Waals surface area contributed by atoms with Crippen LogP contribution in [-0.4, -0.2) is 27.4 Å². The zero-order valence-electron chi connectivity index (χ0n) is 10.9. The smallest absolute Gasteiger partial charge is 0.135 e. The van der Waals surface area contributed by atoms with E-state index < -0.39 is 0 Å². The monoisotopic (exact) mass is 249 g/mol. The molecule has 0 saturated carbocycles. The highest BCUT2D eigenvalue weighted by atomic mass is 16.5. The first-order valence-corrected chi connectivity index (χ1v) is 6.07. The van der Waals surface area contributed by atoms with Crippen molar-refractivity contribution < 1.29 is 13.9 Å². The molecular weight excluding hydrogens is 230 g/mol. The first-order chi connectivity index (χ1) is 8.86. The number of nitrogens with one attached hydrogen (secondary N) is 1. The summed E-state index contributed by atoms with van der Waals surface area (Å²) in [6, 6.07) is 8.05. The van der Waals surface area contributed by atoms with Crippen molar-refractivity contribution in [2.45, 2.75) is 13.2 Å². The zero-order chi connectivity index (χ0) is 12.8. The van der Waals surface area contributed by atoms with Crippen molar-refractivity contribution in [3.63, 3.8) is 0 Å². The number of hydrogen-bond acceptors (Lipinski definition) is 4. The van der Waals surface area contributed by atoms with E-state index >= 15 is 0 Å². The normalized spacial score (nSPS) is 11.2. The van der Waals surface area contributed by atoms with Crippen molar-refractivity contribution in [2.24, 2.45) is 0 Å². The lowest BCUT2D eigenvalue weighted by atomic mass is 10.1. The third-order valence-corrected chi connectivity index (χ3v) is 2.80. The van der Waals surface area contributed by atoms with Gasteiger partial charge in [-0.25, -0.2) is 0 Å².